The molecule has 0 saturated heterocycles. The summed E-state index contributed by atoms with van der Waals surface area (Å²) < 4.78 is 3.49. The lowest BCUT2D eigenvalue weighted by Crippen LogP contribution is -2.24. The molecule has 0 aliphatic heterocycles. The van der Waals surface area contributed by atoms with Crippen LogP contribution in [0.4, 0.5) is 5.82 Å². The summed E-state index contributed by atoms with van der Waals surface area (Å²) in [5.74, 6) is -0.926. The zero-order valence-electron chi connectivity index (χ0n) is 20.6. The molecule has 0 fully saturated rings. The van der Waals surface area contributed by atoms with Gasteiger partial charge in [0.1, 0.15) is 17.7 Å². The number of fused-ring (bicyclic) bond motifs is 1. The van der Waals surface area contributed by atoms with Gasteiger partial charge in [-0.3, -0.25) is 14.2 Å². The average Bonchev–Trinajstić information content (AvgIpc) is 3.49. The van der Waals surface area contributed by atoms with E-state index in [-0.39, 0.29) is 11.0 Å². The molecule has 2 aromatic carbocycles. The highest BCUT2D eigenvalue weighted by Crippen LogP contribution is 2.27. The number of carbonyl (C=O) groups is 2. The van der Waals surface area contributed by atoms with Crippen molar-refractivity contribution in [1.82, 2.24) is 24.3 Å². The molecule has 8 nitrogen and oxygen atoms in total. The van der Waals surface area contributed by atoms with E-state index >= 15 is 0 Å². The van der Waals surface area contributed by atoms with Crippen molar-refractivity contribution in [3.63, 3.8) is 0 Å². The predicted octanol–water partition coefficient (Wildman–Crippen LogP) is 5.03. The largest absolute Gasteiger partial charge is 0.304 e. The number of hydrogen-bond acceptors (Lipinski definition) is 5. The molecule has 0 spiro atoms. The first-order chi connectivity index (χ1) is 17.2. The lowest BCUT2D eigenvalue weighted by Gasteiger charge is -2.14. The maximum atomic E-state index is 13.0. The van der Waals surface area contributed by atoms with E-state index in [2.05, 4.69) is 15.3 Å². The fourth-order valence-electron chi connectivity index (χ4n) is 3.84. The Hall–Kier alpha value is -4.59. The number of aromatic nitrogens is 5. The highest BCUT2D eigenvalue weighted by Gasteiger charge is 2.24. The summed E-state index contributed by atoms with van der Waals surface area (Å²) in [5, 5.41) is 7.48. The van der Waals surface area contributed by atoms with Crippen molar-refractivity contribution in [2.45, 2.75) is 33.1 Å². The molecule has 0 radical (unpaired) electrons. The Bertz CT molecular complexity index is 1570. The molecular weight excluding hydrogens is 452 g/mol. The molecule has 5 rings (SSSR count). The van der Waals surface area contributed by atoms with Crippen molar-refractivity contribution in [3.8, 4) is 11.4 Å². The van der Waals surface area contributed by atoms with Crippen LogP contribution in [0.25, 0.3) is 22.5 Å². The van der Waals surface area contributed by atoms with E-state index in [1.54, 1.807) is 41.5 Å². The number of anilines is 1. The normalized spacial score (nSPS) is 11.6. The molecule has 5 aromatic rings. The van der Waals surface area contributed by atoms with Gasteiger partial charge >= 0.3 is 0 Å². The number of benzene rings is 2. The number of rotatable bonds is 5. The Labute approximate surface area is 208 Å². The molecular formula is C28H26N6O2. The Kier molecular flexibility index (Phi) is 5.72. The second-order valence-corrected chi connectivity index (χ2v) is 9.70. The van der Waals surface area contributed by atoms with E-state index in [4.69, 9.17) is 5.10 Å². The van der Waals surface area contributed by atoms with Crippen LogP contribution in [-0.2, 0) is 10.2 Å². The van der Waals surface area contributed by atoms with E-state index in [0.717, 1.165) is 28.1 Å². The van der Waals surface area contributed by atoms with Crippen LogP contribution in [-0.4, -0.2) is 36.0 Å². The number of nitrogens with zero attached hydrogens (tertiary/aromatic N) is 5. The Morgan fingerprint density at radius 3 is 2.28 bits per heavy atom. The highest BCUT2D eigenvalue weighted by molar-refractivity contribution is 6.46. The molecule has 0 bridgehead atoms. The molecule has 1 amide bonds. The van der Waals surface area contributed by atoms with E-state index in [1.807, 2.05) is 74.7 Å². The number of hydrogen-bond donors (Lipinski definition) is 1. The van der Waals surface area contributed by atoms with Crippen molar-refractivity contribution in [2.24, 2.45) is 0 Å². The minimum atomic E-state index is -0.730. The SMILES string of the molecule is Cc1ccc(-n2nc(C(C)(C)C)cc2NC(=O)C(=O)c2ccc(-n3cnc4cccnc43)cc2)cc1. The second-order valence-electron chi connectivity index (χ2n) is 9.70. The predicted molar refractivity (Wildman–Crippen MR) is 139 cm³/mol. The summed E-state index contributed by atoms with van der Waals surface area (Å²) in [6, 6.07) is 20.1. The van der Waals surface area contributed by atoms with Gasteiger partial charge in [-0.05, 0) is 55.5 Å². The number of ketones is 1. The van der Waals surface area contributed by atoms with Crippen LogP contribution in [0, 0.1) is 6.92 Å². The fourth-order valence-corrected chi connectivity index (χ4v) is 3.84. The van der Waals surface area contributed by atoms with Crippen LogP contribution in [0.5, 0.6) is 0 Å². The first-order valence-corrected chi connectivity index (χ1v) is 11.6. The minimum absolute atomic E-state index is 0.235. The lowest BCUT2D eigenvalue weighted by molar-refractivity contribution is -0.112. The number of aryl methyl sites for hydroxylation is 1. The molecule has 1 N–H and O–H groups in total. The molecule has 3 heterocycles. The molecule has 0 aliphatic carbocycles. The quantitative estimate of drug-likeness (QED) is 0.282. The van der Waals surface area contributed by atoms with Crippen LogP contribution >= 0.6 is 0 Å². The van der Waals surface area contributed by atoms with Gasteiger partial charge in [0, 0.05) is 28.9 Å². The Morgan fingerprint density at radius 1 is 0.889 bits per heavy atom. The van der Waals surface area contributed by atoms with Gasteiger partial charge in [-0.2, -0.15) is 5.10 Å². The standard InChI is InChI=1S/C28H26N6O2/c1-18-7-11-21(12-8-18)34-24(16-23(32-34)28(2,3)4)31-27(36)25(35)19-9-13-20(14-10-19)33-17-30-22-6-5-15-29-26(22)33/h5-17H,1-4H3,(H,31,36). The van der Waals surface area contributed by atoms with E-state index in [9.17, 15) is 9.59 Å². The van der Waals surface area contributed by atoms with Gasteiger partial charge in [0.25, 0.3) is 11.7 Å². The van der Waals surface area contributed by atoms with Gasteiger partial charge in [0.15, 0.2) is 5.65 Å². The molecule has 36 heavy (non-hydrogen) atoms. The third-order valence-corrected chi connectivity index (χ3v) is 5.92. The molecule has 0 unspecified atom stereocenters. The van der Waals surface area contributed by atoms with Crippen molar-refractivity contribution in [2.75, 3.05) is 5.32 Å². The first kappa shape index (κ1) is 23.2. The van der Waals surface area contributed by atoms with Gasteiger partial charge in [-0.1, -0.05) is 38.5 Å². The topological polar surface area (TPSA) is 94.7 Å². The zero-order chi connectivity index (χ0) is 25.4. The van der Waals surface area contributed by atoms with Gasteiger partial charge < -0.3 is 5.32 Å². The van der Waals surface area contributed by atoms with E-state index < -0.39 is 11.7 Å². The summed E-state index contributed by atoms with van der Waals surface area (Å²) in [5.41, 5.74) is 5.05. The monoisotopic (exact) mass is 478 g/mol. The number of amides is 1. The van der Waals surface area contributed by atoms with Gasteiger partial charge in [0.2, 0.25) is 0 Å². The summed E-state index contributed by atoms with van der Waals surface area (Å²) in [6.07, 6.45) is 3.38. The van der Waals surface area contributed by atoms with Gasteiger partial charge in [-0.25, -0.2) is 14.6 Å². The third-order valence-electron chi connectivity index (χ3n) is 5.92. The number of Topliss-reactive ketones (excluding diaryl/α,β-unsaturated/α-hetero) is 1. The number of pyridine rings is 1. The van der Waals surface area contributed by atoms with Crippen molar-refractivity contribution >= 4 is 28.7 Å². The van der Waals surface area contributed by atoms with Gasteiger partial charge in [-0.15, -0.1) is 0 Å². The zero-order valence-corrected chi connectivity index (χ0v) is 20.6. The number of nitrogens with one attached hydrogen (secondary N) is 1. The molecule has 0 saturated carbocycles. The third kappa shape index (κ3) is 4.40. The van der Waals surface area contributed by atoms with Crippen LogP contribution in [0.15, 0.2) is 79.3 Å². The second kappa shape index (κ2) is 8.88. The van der Waals surface area contributed by atoms with Crippen LogP contribution in [0.3, 0.4) is 0 Å². The molecule has 3 aromatic heterocycles. The van der Waals surface area contributed by atoms with Crippen molar-refractivity contribution in [3.05, 3.63) is 96.1 Å². The van der Waals surface area contributed by atoms with Gasteiger partial charge in [0.05, 0.1) is 11.4 Å². The minimum Gasteiger partial charge on any atom is -0.304 e. The average molecular weight is 479 g/mol. The smallest absolute Gasteiger partial charge is 0.297 e. The van der Waals surface area contributed by atoms with Crippen LogP contribution < -0.4 is 5.32 Å². The Balaban J connectivity index is 1.40. The number of imidazole rings is 1. The van der Waals surface area contributed by atoms with Crippen molar-refractivity contribution in [1.29, 1.82) is 0 Å². The van der Waals surface area contributed by atoms with E-state index in [1.165, 1.54) is 0 Å². The fraction of sp³-hybridized carbons (Fsp3) is 0.179. The maximum Gasteiger partial charge on any atom is 0.297 e. The molecule has 0 aliphatic rings. The molecule has 180 valence electrons. The summed E-state index contributed by atoms with van der Waals surface area (Å²) >= 11 is 0. The molecule has 0 atom stereocenters. The summed E-state index contributed by atoms with van der Waals surface area (Å²) in [4.78, 5) is 34.7. The summed E-state index contributed by atoms with van der Waals surface area (Å²) in [7, 11) is 0. The number of carbonyl (C=O) groups excluding carboxylic acids is 2. The lowest BCUT2D eigenvalue weighted by atomic mass is 9.92. The molecule has 8 heteroatoms. The maximum absolute atomic E-state index is 13.0. The van der Waals surface area contributed by atoms with Crippen LogP contribution in [0.2, 0.25) is 0 Å². The van der Waals surface area contributed by atoms with Crippen LogP contribution in [0.1, 0.15) is 42.4 Å². The first-order valence-electron chi connectivity index (χ1n) is 11.6. The van der Waals surface area contributed by atoms with E-state index in [0.29, 0.717) is 11.5 Å². The summed E-state index contributed by atoms with van der Waals surface area (Å²) in [6.45, 7) is 8.15. The Morgan fingerprint density at radius 2 is 1.58 bits per heavy atom. The van der Waals surface area contributed by atoms with Crippen molar-refractivity contribution < 1.29 is 9.59 Å². The highest BCUT2D eigenvalue weighted by atomic mass is 16.2.